The van der Waals surface area contributed by atoms with Gasteiger partial charge in [-0.25, -0.2) is 9.97 Å². The van der Waals surface area contributed by atoms with E-state index in [-0.39, 0.29) is 6.04 Å². The van der Waals surface area contributed by atoms with Crippen molar-refractivity contribution in [3.8, 4) is 28.3 Å². The van der Waals surface area contributed by atoms with Gasteiger partial charge in [-0.1, -0.05) is 121 Å². The predicted molar refractivity (Wildman–Crippen MR) is 198 cm³/mol. The second-order valence-electron chi connectivity index (χ2n) is 12.6. The topological polar surface area (TPSA) is 34.0 Å². The second kappa shape index (κ2) is 10.6. The van der Waals surface area contributed by atoms with Crippen LogP contribution < -0.4 is 4.90 Å². The maximum absolute atomic E-state index is 5.24. The van der Waals surface area contributed by atoms with Crippen LogP contribution in [0.25, 0.3) is 61.0 Å². The molecule has 8 aromatic rings. The summed E-state index contributed by atoms with van der Waals surface area (Å²) in [5.41, 5.74) is 11.4. The van der Waals surface area contributed by atoms with Crippen molar-refractivity contribution in [2.24, 2.45) is 0 Å². The normalized spacial score (nSPS) is 16.5. The number of nitrogens with zero attached hydrogens (tertiary/aromatic N) is 4. The molecule has 0 fully saturated rings. The Balaban J connectivity index is 1.14. The molecule has 48 heavy (non-hydrogen) atoms. The molecule has 1 aliphatic heterocycles. The number of aromatic nitrogens is 3. The van der Waals surface area contributed by atoms with E-state index >= 15 is 0 Å². The van der Waals surface area contributed by atoms with Crippen LogP contribution in [-0.2, 0) is 0 Å². The van der Waals surface area contributed by atoms with Gasteiger partial charge in [-0.05, 0) is 65.2 Å². The van der Waals surface area contributed by atoms with Gasteiger partial charge in [-0.3, -0.25) is 4.57 Å². The first-order chi connectivity index (χ1) is 23.8. The van der Waals surface area contributed by atoms with Crippen LogP contribution in [0.3, 0.4) is 0 Å². The van der Waals surface area contributed by atoms with Gasteiger partial charge in [0.1, 0.15) is 0 Å². The maximum atomic E-state index is 5.24. The van der Waals surface area contributed by atoms with Gasteiger partial charge in [0.15, 0.2) is 0 Å². The van der Waals surface area contributed by atoms with Crippen molar-refractivity contribution in [3.63, 3.8) is 0 Å². The van der Waals surface area contributed by atoms with Gasteiger partial charge in [0.05, 0.1) is 28.3 Å². The van der Waals surface area contributed by atoms with Crippen LogP contribution >= 0.6 is 0 Å². The standard InChI is InChI=1S/C44H30N4/c1-3-13-29(14-4-1)43-35-19-7-10-20-38(35)45-44(46-43)48-40-22-12-9-18-34(40)37-28-31(24-26-42(37)48)30-23-25-41-36(27-30)33-17-8-11-21-39(33)47(41)32-15-5-2-6-16-32/h1-28,33,39H. The van der Waals surface area contributed by atoms with Gasteiger partial charge in [0.25, 0.3) is 0 Å². The number of hydrogen-bond donors (Lipinski definition) is 0. The monoisotopic (exact) mass is 614 g/mol. The van der Waals surface area contributed by atoms with Crippen LogP contribution in [0.1, 0.15) is 11.5 Å². The summed E-state index contributed by atoms with van der Waals surface area (Å²) in [6.07, 6.45) is 9.04. The molecule has 4 heteroatoms. The van der Waals surface area contributed by atoms with E-state index in [0.29, 0.717) is 11.9 Å². The lowest BCUT2D eigenvalue weighted by atomic mass is 9.89. The Hall–Kier alpha value is -6.26. The Morgan fingerprint density at radius 1 is 0.500 bits per heavy atom. The van der Waals surface area contributed by atoms with E-state index in [4.69, 9.17) is 9.97 Å². The minimum Gasteiger partial charge on any atom is -0.333 e. The third-order valence-electron chi connectivity index (χ3n) is 9.93. The Bertz CT molecular complexity index is 2580. The van der Waals surface area contributed by atoms with Crippen molar-refractivity contribution < 1.29 is 0 Å². The van der Waals surface area contributed by atoms with E-state index in [1.54, 1.807) is 0 Å². The fraction of sp³-hybridized carbons (Fsp3) is 0.0455. The molecule has 1 aliphatic carbocycles. The number of rotatable bonds is 4. The summed E-state index contributed by atoms with van der Waals surface area (Å²) >= 11 is 0. The molecular weight excluding hydrogens is 585 g/mol. The maximum Gasteiger partial charge on any atom is 0.235 e. The molecule has 6 aromatic carbocycles. The molecule has 2 aromatic heterocycles. The first-order valence-corrected chi connectivity index (χ1v) is 16.5. The summed E-state index contributed by atoms with van der Waals surface area (Å²) in [5, 5.41) is 3.42. The van der Waals surface area contributed by atoms with E-state index in [2.05, 4.69) is 167 Å². The SMILES string of the molecule is C1=CC2c3cc(-c4ccc5c(c4)c4ccccc4n5-c4nc(-c5ccccc5)c5ccccc5n4)ccc3N(c3ccccc3)C2C=C1. The Kier molecular flexibility index (Phi) is 5.97. The second-order valence-corrected chi connectivity index (χ2v) is 12.6. The van der Waals surface area contributed by atoms with Crippen LogP contribution in [0.4, 0.5) is 11.4 Å². The van der Waals surface area contributed by atoms with E-state index < -0.39 is 0 Å². The highest BCUT2D eigenvalue weighted by Gasteiger charge is 2.37. The van der Waals surface area contributed by atoms with Crippen molar-refractivity contribution in [2.45, 2.75) is 12.0 Å². The third kappa shape index (κ3) is 4.09. The van der Waals surface area contributed by atoms with Crippen molar-refractivity contribution >= 4 is 44.1 Å². The van der Waals surface area contributed by atoms with Crippen LogP contribution in [-0.4, -0.2) is 20.6 Å². The lowest BCUT2D eigenvalue weighted by molar-refractivity contribution is 0.745. The zero-order chi connectivity index (χ0) is 31.6. The first-order valence-electron chi connectivity index (χ1n) is 16.5. The smallest absolute Gasteiger partial charge is 0.235 e. The highest BCUT2D eigenvalue weighted by atomic mass is 15.2. The van der Waals surface area contributed by atoms with Crippen LogP contribution in [0.15, 0.2) is 170 Å². The minimum absolute atomic E-state index is 0.269. The molecular formula is C44H30N4. The molecule has 10 rings (SSSR count). The molecule has 3 heterocycles. The van der Waals surface area contributed by atoms with E-state index in [1.807, 2.05) is 12.1 Å². The molecule has 2 unspecified atom stereocenters. The zero-order valence-corrected chi connectivity index (χ0v) is 26.1. The average molecular weight is 615 g/mol. The number of allylic oxidation sites excluding steroid dienone is 2. The van der Waals surface area contributed by atoms with Gasteiger partial charge in [-0.15, -0.1) is 0 Å². The number of fused-ring (bicyclic) bond motifs is 7. The summed E-state index contributed by atoms with van der Waals surface area (Å²) in [4.78, 5) is 12.8. The van der Waals surface area contributed by atoms with Crippen LogP contribution in [0.2, 0.25) is 0 Å². The molecule has 4 nitrogen and oxygen atoms in total. The predicted octanol–water partition coefficient (Wildman–Crippen LogP) is 10.8. The summed E-state index contributed by atoms with van der Waals surface area (Å²) < 4.78 is 2.22. The highest BCUT2D eigenvalue weighted by Crippen LogP contribution is 2.49. The number of para-hydroxylation sites is 3. The molecule has 0 saturated carbocycles. The Labute approximate surface area is 278 Å². The van der Waals surface area contributed by atoms with Gasteiger partial charge < -0.3 is 4.90 Å². The van der Waals surface area contributed by atoms with Crippen molar-refractivity contribution in [1.29, 1.82) is 0 Å². The number of hydrogen-bond acceptors (Lipinski definition) is 3. The minimum atomic E-state index is 0.269. The zero-order valence-electron chi connectivity index (χ0n) is 26.1. The fourth-order valence-electron chi connectivity index (χ4n) is 7.76. The average Bonchev–Trinajstić information content (AvgIpc) is 3.67. The van der Waals surface area contributed by atoms with Crippen molar-refractivity contribution in [1.82, 2.24) is 14.5 Å². The number of anilines is 2. The largest absolute Gasteiger partial charge is 0.333 e. The van der Waals surface area contributed by atoms with Crippen LogP contribution in [0, 0.1) is 0 Å². The van der Waals surface area contributed by atoms with Gasteiger partial charge in [0.2, 0.25) is 5.95 Å². The highest BCUT2D eigenvalue weighted by molar-refractivity contribution is 6.10. The Morgan fingerprint density at radius 3 is 2.06 bits per heavy atom. The number of benzene rings is 6. The molecule has 0 radical (unpaired) electrons. The molecule has 2 atom stereocenters. The van der Waals surface area contributed by atoms with Crippen LogP contribution in [0.5, 0.6) is 0 Å². The molecule has 2 aliphatic rings. The molecule has 0 spiro atoms. The van der Waals surface area contributed by atoms with Crippen molar-refractivity contribution in [3.05, 3.63) is 175 Å². The first kappa shape index (κ1) is 26.9. The van der Waals surface area contributed by atoms with E-state index in [9.17, 15) is 0 Å². The quantitative estimate of drug-likeness (QED) is 0.198. The summed E-state index contributed by atoms with van der Waals surface area (Å²) in [5.74, 6) is 0.980. The lowest BCUT2D eigenvalue weighted by Gasteiger charge is -2.28. The van der Waals surface area contributed by atoms with Gasteiger partial charge in [-0.2, -0.15) is 0 Å². The molecule has 0 bridgehead atoms. The van der Waals surface area contributed by atoms with Gasteiger partial charge >= 0.3 is 0 Å². The Morgan fingerprint density at radius 2 is 1.19 bits per heavy atom. The molecule has 0 saturated heterocycles. The summed E-state index contributed by atoms with van der Waals surface area (Å²) in [7, 11) is 0. The summed E-state index contributed by atoms with van der Waals surface area (Å²) in [6, 6.07) is 52.1. The van der Waals surface area contributed by atoms with Gasteiger partial charge in [0, 0.05) is 39.0 Å². The van der Waals surface area contributed by atoms with Crippen molar-refractivity contribution in [2.75, 3.05) is 4.90 Å². The molecule has 226 valence electrons. The fourth-order valence-corrected chi connectivity index (χ4v) is 7.76. The van der Waals surface area contributed by atoms with E-state index in [1.165, 1.54) is 38.8 Å². The van der Waals surface area contributed by atoms with E-state index in [0.717, 1.165) is 33.2 Å². The lowest BCUT2D eigenvalue weighted by Crippen LogP contribution is -2.28. The molecule has 0 N–H and O–H groups in total. The molecule has 0 amide bonds. The third-order valence-corrected chi connectivity index (χ3v) is 9.93. The summed E-state index contributed by atoms with van der Waals surface area (Å²) in [6.45, 7) is 0.